The van der Waals surface area contributed by atoms with Gasteiger partial charge in [0.25, 0.3) is 0 Å². The maximum atomic E-state index is 12.2. The summed E-state index contributed by atoms with van der Waals surface area (Å²) in [6.07, 6.45) is 1.76. The summed E-state index contributed by atoms with van der Waals surface area (Å²) in [6, 6.07) is 23.1. The summed E-state index contributed by atoms with van der Waals surface area (Å²) in [4.78, 5) is 16.7. The molecule has 0 aliphatic rings. The van der Waals surface area contributed by atoms with Crippen LogP contribution in [0.25, 0.3) is 0 Å². The molecule has 3 rings (SSSR count). The fourth-order valence-electron chi connectivity index (χ4n) is 2.69. The highest BCUT2D eigenvalue weighted by Gasteiger charge is 2.15. The first-order valence-electron chi connectivity index (χ1n) is 8.43. The molecule has 5 heteroatoms. The second-order valence-corrected chi connectivity index (χ2v) is 6.32. The zero-order valence-electron chi connectivity index (χ0n) is 14.2. The number of rotatable bonds is 7. The summed E-state index contributed by atoms with van der Waals surface area (Å²) in [7, 11) is 0. The van der Waals surface area contributed by atoms with E-state index in [1.807, 2.05) is 72.8 Å². The number of amides is 1. The SMILES string of the molecule is O=C(CNC(c1ccccc1)c1ccccn1)NCc1cccc(Cl)c1. The van der Waals surface area contributed by atoms with E-state index in [0.717, 1.165) is 16.8 Å². The van der Waals surface area contributed by atoms with Gasteiger partial charge in [-0.25, -0.2) is 0 Å². The maximum Gasteiger partial charge on any atom is 0.234 e. The molecule has 0 aliphatic carbocycles. The van der Waals surface area contributed by atoms with Gasteiger partial charge < -0.3 is 5.32 Å². The lowest BCUT2D eigenvalue weighted by atomic mass is 10.0. The van der Waals surface area contributed by atoms with Crippen LogP contribution in [-0.4, -0.2) is 17.4 Å². The van der Waals surface area contributed by atoms with Crippen LogP contribution >= 0.6 is 11.6 Å². The molecular formula is C21H20ClN3O. The van der Waals surface area contributed by atoms with Crippen molar-refractivity contribution in [3.63, 3.8) is 0 Å². The highest BCUT2D eigenvalue weighted by Crippen LogP contribution is 2.19. The topological polar surface area (TPSA) is 54.0 Å². The molecule has 1 unspecified atom stereocenters. The summed E-state index contributed by atoms with van der Waals surface area (Å²) in [6.45, 7) is 0.636. The van der Waals surface area contributed by atoms with E-state index in [1.165, 1.54) is 0 Å². The van der Waals surface area contributed by atoms with Crippen molar-refractivity contribution in [2.75, 3.05) is 6.54 Å². The van der Waals surface area contributed by atoms with E-state index in [1.54, 1.807) is 6.20 Å². The predicted octanol–water partition coefficient (Wildman–Crippen LogP) is 3.73. The van der Waals surface area contributed by atoms with Gasteiger partial charge in [0.1, 0.15) is 0 Å². The summed E-state index contributed by atoms with van der Waals surface area (Å²) in [5, 5.41) is 6.86. The number of nitrogens with zero attached hydrogens (tertiary/aromatic N) is 1. The number of aromatic nitrogens is 1. The molecule has 1 amide bonds. The molecule has 0 radical (unpaired) electrons. The van der Waals surface area contributed by atoms with Gasteiger partial charge >= 0.3 is 0 Å². The molecule has 1 heterocycles. The van der Waals surface area contributed by atoms with Gasteiger partial charge in [-0.05, 0) is 35.4 Å². The molecule has 4 nitrogen and oxygen atoms in total. The van der Waals surface area contributed by atoms with Gasteiger partial charge in [0.15, 0.2) is 0 Å². The number of hydrogen-bond donors (Lipinski definition) is 2. The van der Waals surface area contributed by atoms with Gasteiger partial charge in [-0.3, -0.25) is 15.1 Å². The van der Waals surface area contributed by atoms with Crippen LogP contribution in [0.4, 0.5) is 0 Å². The minimum Gasteiger partial charge on any atom is -0.351 e. The number of halogens is 1. The van der Waals surface area contributed by atoms with Gasteiger partial charge in [-0.2, -0.15) is 0 Å². The van der Waals surface area contributed by atoms with E-state index in [0.29, 0.717) is 11.6 Å². The second-order valence-electron chi connectivity index (χ2n) is 5.89. The second kappa shape index (κ2) is 9.13. The Labute approximate surface area is 158 Å². The predicted molar refractivity (Wildman–Crippen MR) is 104 cm³/mol. The summed E-state index contributed by atoms with van der Waals surface area (Å²) < 4.78 is 0. The van der Waals surface area contributed by atoms with Crippen LogP contribution < -0.4 is 10.6 Å². The van der Waals surface area contributed by atoms with Crippen molar-refractivity contribution in [1.82, 2.24) is 15.6 Å². The average molecular weight is 366 g/mol. The van der Waals surface area contributed by atoms with Crippen LogP contribution in [0.5, 0.6) is 0 Å². The third-order valence-corrected chi connectivity index (χ3v) is 4.20. The Morgan fingerprint density at radius 1 is 1.00 bits per heavy atom. The molecule has 0 spiro atoms. The fraction of sp³-hybridized carbons (Fsp3) is 0.143. The lowest BCUT2D eigenvalue weighted by Gasteiger charge is -2.18. The first-order chi connectivity index (χ1) is 12.7. The lowest BCUT2D eigenvalue weighted by Crippen LogP contribution is -2.36. The molecule has 0 saturated carbocycles. The quantitative estimate of drug-likeness (QED) is 0.670. The molecule has 2 N–H and O–H groups in total. The first-order valence-corrected chi connectivity index (χ1v) is 8.80. The smallest absolute Gasteiger partial charge is 0.234 e. The minimum atomic E-state index is -0.144. The van der Waals surface area contributed by atoms with Crippen LogP contribution in [-0.2, 0) is 11.3 Å². The van der Waals surface area contributed by atoms with Crippen LogP contribution in [0.1, 0.15) is 22.9 Å². The van der Waals surface area contributed by atoms with Gasteiger partial charge in [0.05, 0.1) is 18.3 Å². The van der Waals surface area contributed by atoms with Gasteiger partial charge in [0.2, 0.25) is 5.91 Å². The van der Waals surface area contributed by atoms with Crippen molar-refractivity contribution < 1.29 is 4.79 Å². The van der Waals surface area contributed by atoms with Crippen molar-refractivity contribution in [1.29, 1.82) is 0 Å². The Kier molecular flexibility index (Phi) is 6.36. The molecule has 0 bridgehead atoms. The Morgan fingerprint density at radius 2 is 1.81 bits per heavy atom. The summed E-state index contributed by atoms with van der Waals surface area (Å²) in [5.41, 5.74) is 2.91. The normalized spacial score (nSPS) is 11.7. The zero-order chi connectivity index (χ0) is 18.2. The molecule has 1 aromatic heterocycles. The van der Waals surface area contributed by atoms with Gasteiger partial charge in [0, 0.05) is 17.8 Å². The van der Waals surface area contributed by atoms with Crippen molar-refractivity contribution in [3.8, 4) is 0 Å². The minimum absolute atomic E-state index is 0.0816. The third kappa shape index (κ3) is 5.15. The zero-order valence-corrected chi connectivity index (χ0v) is 15.0. The van der Waals surface area contributed by atoms with E-state index >= 15 is 0 Å². The van der Waals surface area contributed by atoms with Crippen molar-refractivity contribution in [2.45, 2.75) is 12.6 Å². The van der Waals surface area contributed by atoms with E-state index in [2.05, 4.69) is 15.6 Å². The molecule has 0 aliphatic heterocycles. The van der Waals surface area contributed by atoms with Crippen molar-refractivity contribution in [2.24, 2.45) is 0 Å². The molecule has 26 heavy (non-hydrogen) atoms. The Morgan fingerprint density at radius 3 is 2.54 bits per heavy atom. The number of hydrogen-bond acceptors (Lipinski definition) is 3. The lowest BCUT2D eigenvalue weighted by molar-refractivity contribution is -0.120. The third-order valence-electron chi connectivity index (χ3n) is 3.96. The highest BCUT2D eigenvalue weighted by molar-refractivity contribution is 6.30. The van der Waals surface area contributed by atoms with E-state index in [-0.39, 0.29) is 18.5 Å². The molecule has 0 saturated heterocycles. The molecular weight excluding hydrogens is 346 g/mol. The fourth-order valence-corrected chi connectivity index (χ4v) is 2.90. The molecule has 2 aromatic carbocycles. The molecule has 0 fully saturated rings. The van der Waals surface area contributed by atoms with Gasteiger partial charge in [-0.1, -0.05) is 60.1 Å². The monoisotopic (exact) mass is 365 g/mol. The van der Waals surface area contributed by atoms with Crippen LogP contribution in [0.2, 0.25) is 5.02 Å². The molecule has 132 valence electrons. The van der Waals surface area contributed by atoms with Crippen molar-refractivity contribution in [3.05, 3.63) is 101 Å². The number of pyridine rings is 1. The van der Waals surface area contributed by atoms with Crippen LogP contribution in [0.3, 0.4) is 0 Å². The maximum absolute atomic E-state index is 12.2. The Bertz CT molecular complexity index is 801. The number of carbonyl (C=O) groups is 1. The average Bonchev–Trinajstić information content (AvgIpc) is 2.68. The van der Waals surface area contributed by atoms with Crippen LogP contribution in [0.15, 0.2) is 79.0 Å². The summed E-state index contributed by atoms with van der Waals surface area (Å²) in [5.74, 6) is -0.0816. The van der Waals surface area contributed by atoms with E-state index < -0.39 is 0 Å². The summed E-state index contributed by atoms with van der Waals surface area (Å²) >= 11 is 5.97. The highest BCUT2D eigenvalue weighted by atomic mass is 35.5. The first kappa shape index (κ1) is 18.1. The van der Waals surface area contributed by atoms with E-state index in [4.69, 9.17) is 11.6 Å². The molecule has 3 aromatic rings. The Balaban J connectivity index is 1.61. The largest absolute Gasteiger partial charge is 0.351 e. The number of carbonyl (C=O) groups excluding carboxylic acids is 1. The van der Waals surface area contributed by atoms with Crippen LogP contribution in [0, 0.1) is 0 Å². The van der Waals surface area contributed by atoms with E-state index in [9.17, 15) is 4.79 Å². The van der Waals surface area contributed by atoms with Crippen molar-refractivity contribution >= 4 is 17.5 Å². The number of nitrogens with one attached hydrogen (secondary N) is 2. The number of benzene rings is 2. The standard InChI is InChI=1S/C21H20ClN3O/c22-18-10-6-7-16(13-18)14-24-20(26)15-25-21(17-8-2-1-3-9-17)19-11-4-5-12-23-19/h1-13,21,25H,14-15H2,(H,24,26). The Hall–Kier alpha value is -2.69. The molecule has 1 atom stereocenters. The van der Waals surface area contributed by atoms with Gasteiger partial charge in [-0.15, -0.1) is 0 Å².